The molecule has 0 radical (unpaired) electrons. The molecule has 3 aromatic rings. The van der Waals surface area contributed by atoms with E-state index in [2.05, 4.69) is 25.2 Å². The molecule has 0 aliphatic carbocycles. The number of carbonyl (C=O) groups is 1. The van der Waals surface area contributed by atoms with Crippen LogP contribution in [0.3, 0.4) is 0 Å². The SMILES string of the molecule is CC(NS(=O)(=O)c1ccc2c(c1)CCC(=O)N2)c1nc(-c2ccccn2)no1. The Morgan fingerprint density at radius 1 is 1.21 bits per heavy atom. The molecule has 1 amide bonds. The van der Waals surface area contributed by atoms with Crippen LogP contribution in [-0.4, -0.2) is 29.4 Å². The lowest BCUT2D eigenvalue weighted by molar-refractivity contribution is -0.116. The van der Waals surface area contributed by atoms with Gasteiger partial charge >= 0.3 is 0 Å². The minimum Gasteiger partial charge on any atom is -0.337 e. The molecule has 2 aromatic heterocycles. The Labute approximate surface area is 161 Å². The van der Waals surface area contributed by atoms with E-state index in [1.807, 2.05) is 0 Å². The van der Waals surface area contributed by atoms with E-state index in [4.69, 9.17) is 4.52 Å². The van der Waals surface area contributed by atoms with Crippen molar-refractivity contribution in [3.8, 4) is 11.5 Å². The number of aromatic nitrogens is 3. The minimum absolute atomic E-state index is 0.0741. The molecule has 1 aliphatic rings. The lowest BCUT2D eigenvalue weighted by Crippen LogP contribution is -2.27. The van der Waals surface area contributed by atoms with Gasteiger partial charge in [-0.1, -0.05) is 11.2 Å². The van der Waals surface area contributed by atoms with Gasteiger partial charge in [0.2, 0.25) is 27.6 Å². The predicted molar refractivity (Wildman–Crippen MR) is 99.7 cm³/mol. The zero-order valence-electron chi connectivity index (χ0n) is 14.9. The number of nitrogens with zero attached hydrogens (tertiary/aromatic N) is 3. The van der Waals surface area contributed by atoms with Crippen molar-refractivity contribution in [3.63, 3.8) is 0 Å². The van der Waals surface area contributed by atoms with Crippen LogP contribution >= 0.6 is 0 Å². The first-order valence-corrected chi connectivity index (χ1v) is 10.1. The Morgan fingerprint density at radius 3 is 2.86 bits per heavy atom. The van der Waals surface area contributed by atoms with Crippen molar-refractivity contribution >= 4 is 21.6 Å². The summed E-state index contributed by atoms with van der Waals surface area (Å²) in [6, 6.07) is 9.18. The Morgan fingerprint density at radius 2 is 2.07 bits per heavy atom. The summed E-state index contributed by atoms with van der Waals surface area (Å²) in [6.45, 7) is 1.62. The molecule has 0 fully saturated rings. The van der Waals surface area contributed by atoms with Crippen molar-refractivity contribution in [2.45, 2.75) is 30.7 Å². The number of benzene rings is 1. The highest BCUT2D eigenvalue weighted by Crippen LogP contribution is 2.26. The number of hydrogen-bond acceptors (Lipinski definition) is 7. The lowest BCUT2D eigenvalue weighted by atomic mass is 10.0. The van der Waals surface area contributed by atoms with E-state index in [9.17, 15) is 13.2 Å². The number of amides is 1. The molecular formula is C18H17N5O4S. The monoisotopic (exact) mass is 399 g/mol. The summed E-state index contributed by atoms with van der Waals surface area (Å²) in [5.41, 5.74) is 1.95. The van der Waals surface area contributed by atoms with Crippen molar-refractivity contribution in [1.29, 1.82) is 0 Å². The maximum Gasteiger partial charge on any atom is 0.244 e. The van der Waals surface area contributed by atoms with Gasteiger partial charge in [0.15, 0.2) is 0 Å². The summed E-state index contributed by atoms with van der Waals surface area (Å²) < 4.78 is 33.2. The number of nitrogens with one attached hydrogen (secondary N) is 2. The minimum atomic E-state index is -3.82. The van der Waals surface area contributed by atoms with Crippen molar-refractivity contribution in [2.75, 3.05) is 5.32 Å². The number of sulfonamides is 1. The molecule has 1 aromatic carbocycles. The third-order valence-corrected chi connectivity index (χ3v) is 5.86. The lowest BCUT2D eigenvalue weighted by Gasteiger charge is -2.18. The van der Waals surface area contributed by atoms with Crippen molar-refractivity contribution in [2.24, 2.45) is 0 Å². The third kappa shape index (κ3) is 3.64. The molecule has 0 saturated heterocycles. The molecule has 1 unspecified atom stereocenters. The zero-order valence-corrected chi connectivity index (χ0v) is 15.7. The predicted octanol–water partition coefficient (Wildman–Crippen LogP) is 2.06. The van der Waals surface area contributed by atoms with Crippen LogP contribution in [0.4, 0.5) is 5.69 Å². The zero-order chi connectivity index (χ0) is 19.7. The average Bonchev–Trinajstić information content (AvgIpc) is 3.18. The molecule has 9 nitrogen and oxygen atoms in total. The second-order valence-corrected chi connectivity index (χ2v) is 8.10. The maximum atomic E-state index is 12.7. The van der Waals surface area contributed by atoms with Crippen LogP contribution in [0.2, 0.25) is 0 Å². The first kappa shape index (κ1) is 18.3. The summed E-state index contributed by atoms with van der Waals surface area (Å²) in [7, 11) is -3.82. The van der Waals surface area contributed by atoms with Gasteiger partial charge in [0.25, 0.3) is 0 Å². The number of hydrogen-bond donors (Lipinski definition) is 2. The summed E-state index contributed by atoms with van der Waals surface area (Å²) in [6.07, 6.45) is 2.44. The van der Waals surface area contributed by atoms with E-state index >= 15 is 0 Å². The van der Waals surface area contributed by atoms with Crippen LogP contribution in [0, 0.1) is 0 Å². The highest BCUT2D eigenvalue weighted by atomic mass is 32.2. The van der Waals surface area contributed by atoms with E-state index in [1.165, 1.54) is 6.07 Å². The van der Waals surface area contributed by atoms with E-state index in [1.54, 1.807) is 43.5 Å². The van der Waals surface area contributed by atoms with Crippen LogP contribution in [-0.2, 0) is 21.2 Å². The van der Waals surface area contributed by atoms with Crippen LogP contribution in [0.5, 0.6) is 0 Å². The average molecular weight is 399 g/mol. The third-order valence-electron chi connectivity index (χ3n) is 4.32. The smallest absolute Gasteiger partial charge is 0.244 e. The van der Waals surface area contributed by atoms with Crippen LogP contribution in [0.25, 0.3) is 11.5 Å². The fourth-order valence-corrected chi connectivity index (χ4v) is 4.14. The fraction of sp³-hybridized carbons (Fsp3) is 0.222. The molecular weight excluding hydrogens is 382 g/mol. The van der Waals surface area contributed by atoms with Crippen molar-refractivity contribution in [1.82, 2.24) is 19.8 Å². The Hall–Kier alpha value is -3.11. The summed E-state index contributed by atoms with van der Waals surface area (Å²) in [4.78, 5) is 19.9. The molecule has 2 N–H and O–H groups in total. The van der Waals surface area contributed by atoms with Crippen molar-refractivity contribution < 1.29 is 17.7 Å². The normalized spacial score (nSPS) is 15.0. The van der Waals surface area contributed by atoms with Crippen LogP contribution in [0.1, 0.15) is 30.8 Å². The molecule has 4 rings (SSSR count). The largest absolute Gasteiger partial charge is 0.337 e. The molecule has 3 heterocycles. The van der Waals surface area contributed by atoms with E-state index in [0.717, 1.165) is 5.56 Å². The van der Waals surface area contributed by atoms with Crippen LogP contribution < -0.4 is 10.0 Å². The van der Waals surface area contributed by atoms with Gasteiger partial charge in [-0.05, 0) is 49.2 Å². The number of anilines is 1. The molecule has 0 bridgehead atoms. The quantitative estimate of drug-likeness (QED) is 0.672. The van der Waals surface area contributed by atoms with E-state index in [0.29, 0.717) is 24.2 Å². The van der Waals surface area contributed by atoms with Gasteiger partial charge in [0.05, 0.1) is 10.9 Å². The van der Waals surface area contributed by atoms with Gasteiger partial charge in [0.1, 0.15) is 5.69 Å². The Bertz CT molecular complexity index is 1130. The number of carbonyl (C=O) groups excluding carboxylic acids is 1. The number of aryl methyl sites for hydroxylation is 1. The van der Waals surface area contributed by atoms with E-state index in [-0.39, 0.29) is 22.5 Å². The summed E-state index contributed by atoms with van der Waals surface area (Å²) in [5.74, 6) is 0.343. The molecule has 1 aliphatic heterocycles. The van der Waals surface area contributed by atoms with Gasteiger partial charge in [-0.15, -0.1) is 0 Å². The topological polar surface area (TPSA) is 127 Å². The number of fused-ring (bicyclic) bond motifs is 1. The van der Waals surface area contributed by atoms with Crippen molar-refractivity contribution in [3.05, 3.63) is 54.0 Å². The Kier molecular flexibility index (Phi) is 4.65. The molecule has 28 heavy (non-hydrogen) atoms. The van der Waals surface area contributed by atoms with E-state index < -0.39 is 16.1 Å². The summed E-state index contributed by atoms with van der Waals surface area (Å²) in [5, 5.41) is 6.58. The fourth-order valence-electron chi connectivity index (χ4n) is 2.89. The number of rotatable bonds is 5. The second-order valence-electron chi connectivity index (χ2n) is 6.38. The molecule has 0 spiro atoms. The Balaban J connectivity index is 1.53. The molecule has 10 heteroatoms. The van der Waals surface area contributed by atoms with Gasteiger partial charge in [-0.2, -0.15) is 9.71 Å². The van der Waals surface area contributed by atoms with Gasteiger partial charge < -0.3 is 9.84 Å². The molecule has 0 saturated carbocycles. The van der Waals surface area contributed by atoms with Gasteiger partial charge in [-0.25, -0.2) is 8.42 Å². The number of pyridine rings is 1. The molecule has 1 atom stereocenters. The van der Waals surface area contributed by atoms with Gasteiger partial charge in [-0.3, -0.25) is 9.78 Å². The molecule has 144 valence electrons. The standard InChI is InChI=1S/C18H17N5O4S/c1-11(18-21-17(22-27-18)15-4-2-3-9-19-15)23-28(25,26)13-6-7-14-12(10-13)5-8-16(24)20-14/h2-4,6-7,9-11,23H,5,8H2,1H3,(H,20,24). The second kappa shape index (κ2) is 7.13. The maximum absolute atomic E-state index is 12.7. The summed E-state index contributed by atoms with van der Waals surface area (Å²) >= 11 is 0. The highest BCUT2D eigenvalue weighted by Gasteiger charge is 2.24. The highest BCUT2D eigenvalue weighted by molar-refractivity contribution is 7.89. The van der Waals surface area contributed by atoms with Gasteiger partial charge in [0, 0.05) is 18.3 Å². The van der Waals surface area contributed by atoms with Crippen LogP contribution in [0.15, 0.2) is 52.0 Å². The first-order chi connectivity index (χ1) is 13.4. The first-order valence-electron chi connectivity index (χ1n) is 8.62.